The maximum atomic E-state index is 14.2. The minimum Gasteiger partial charge on any atom is -0.504 e. The molecule has 11 nitrogen and oxygen atoms in total. The molecule has 1 aromatic rings. The maximum absolute atomic E-state index is 14.2. The van der Waals surface area contributed by atoms with Gasteiger partial charge in [0, 0.05) is 39.1 Å². The number of methoxy groups -OCH3 is 2. The van der Waals surface area contributed by atoms with Crippen molar-refractivity contribution in [3.05, 3.63) is 68.2 Å². The van der Waals surface area contributed by atoms with Gasteiger partial charge in [0.15, 0.2) is 34.9 Å². The number of fused-ring (bicyclic) bond motifs is 6. The van der Waals surface area contributed by atoms with E-state index in [1.54, 1.807) is 45.7 Å². The van der Waals surface area contributed by atoms with Gasteiger partial charge in [-0.1, -0.05) is 6.08 Å². The Morgan fingerprint density at radius 3 is 2.29 bits per heavy atom. The second-order valence-electron chi connectivity index (χ2n) is 10.8. The molecule has 2 bridgehead atoms. The number of Topliss-reactive ketones (excluding diaryl/α,β-unsaturated/α-hetero) is 3. The number of hydrogen-bond donors (Lipinski definition) is 1. The molecule has 0 radical (unpaired) electrons. The number of phenolic OH excluding ortho intramolecular Hbond substituents is 1. The van der Waals surface area contributed by atoms with Crippen molar-refractivity contribution in [3.8, 4) is 11.5 Å². The molecule has 1 saturated heterocycles. The Hall–Kier alpha value is -4.51. The van der Waals surface area contributed by atoms with E-state index in [-0.39, 0.29) is 50.8 Å². The lowest BCUT2D eigenvalue weighted by Gasteiger charge is -2.53. The Bertz CT molecular complexity index is 1640. The van der Waals surface area contributed by atoms with Crippen molar-refractivity contribution in [2.24, 2.45) is 0 Å². The van der Waals surface area contributed by atoms with Crippen LogP contribution >= 0.6 is 0 Å². The van der Waals surface area contributed by atoms with E-state index >= 15 is 0 Å². The molecule has 1 aromatic carbocycles. The normalized spacial score (nSPS) is 23.9. The Labute approximate surface area is 242 Å². The van der Waals surface area contributed by atoms with E-state index in [1.165, 1.54) is 32.1 Å². The van der Waals surface area contributed by atoms with Gasteiger partial charge in [-0.25, -0.2) is 4.79 Å². The molecule has 4 aliphatic rings. The molecule has 3 heterocycles. The van der Waals surface area contributed by atoms with Gasteiger partial charge in [0.2, 0.25) is 5.78 Å². The van der Waals surface area contributed by atoms with Gasteiger partial charge < -0.3 is 24.2 Å². The number of rotatable bonds is 5. The fraction of sp³-hybridized carbons (Fsp3) is 0.387. The molecule has 0 aromatic heterocycles. The molecule has 3 aliphatic heterocycles. The number of ketones is 3. The van der Waals surface area contributed by atoms with Gasteiger partial charge in [-0.15, -0.1) is 0 Å². The number of carbonyl (C=O) groups is 5. The van der Waals surface area contributed by atoms with Crippen LogP contribution in [0.15, 0.2) is 45.9 Å². The Morgan fingerprint density at radius 1 is 1.02 bits per heavy atom. The third kappa shape index (κ3) is 3.72. The predicted molar refractivity (Wildman–Crippen MR) is 149 cm³/mol. The Kier molecular flexibility index (Phi) is 6.97. The van der Waals surface area contributed by atoms with Crippen LogP contribution in [0.2, 0.25) is 0 Å². The first-order valence-corrected chi connectivity index (χ1v) is 13.4. The van der Waals surface area contributed by atoms with Crippen LogP contribution in [0.5, 0.6) is 11.5 Å². The SMILES string of the molecule is C/C=C(/C)C(=O)OC[C@H]1C2=C(C=C3[C@H]4c5c(O)c(OC)c(C)c(C)c5C(=O)[C@@H](C(=O)N31)N4C)C(=O)C(C)=C(OC)C2=O. The number of piperazine rings is 1. The number of allylic oxidation sites excluding steroid dienone is 5. The third-order valence-electron chi connectivity index (χ3n) is 8.77. The smallest absolute Gasteiger partial charge is 0.333 e. The van der Waals surface area contributed by atoms with Crippen LogP contribution in [-0.4, -0.2) is 84.1 Å². The largest absolute Gasteiger partial charge is 0.504 e. The fourth-order valence-corrected chi connectivity index (χ4v) is 6.39. The number of esters is 1. The molecule has 1 N–H and O–H groups in total. The first-order valence-electron chi connectivity index (χ1n) is 13.4. The molecule has 0 spiro atoms. The van der Waals surface area contributed by atoms with Gasteiger partial charge in [-0.2, -0.15) is 0 Å². The molecule has 1 amide bonds. The van der Waals surface area contributed by atoms with Gasteiger partial charge in [0.05, 0.1) is 20.3 Å². The van der Waals surface area contributed by atoms with Crippen molar-refractivity contribution >= 4 is 29.2 Å². The number of nitrogens with zero attached hydrogens (tertiary/aromatic N) is 2. The van der Waals surface area contributed by atoms with Gasteiger partial charge >= 0.3 is 5.97 Å². The van der Waals surface area contributed by atoms with Crippen molar-refractivity contribution in [1.82, 2.24) is 9.80 Å². The number of amides is 1. The van der Waals surface area contributed by atoms with Gasteiger partial charge in [-0.05, 0) is 58.9 Å². The standard InChI is InChI=1S/C31H32N2O9/c1-9-12(2)31(39)42-11-18-20-16(24(34)15(5)29(41-8)26(20)36)10-17-22-21-19(13(3)14(4)28(40-7)27(21)37)25(35)23(32(22)6)30(38)33(17)18/h9-10,18,22-23,37H,11H2,1-8H3/b12-9-/t18-,22-,23-/m0/s1. The number of hydrogen-bond acceptors (Lipinski definition) is 10. The fourth-order valence-electron chi connectivity index (χ4n) is 6.39. The molecule has 11 heteroatoms. The first kappa shape index (κ1) is 29.0. The van der Waals surface area contributed by atoms with Gasteiger partial charge in [-0.3, -0.25) is 24.1 Å². The van der Waals surface area contributed by atoms with E-state index in [4.69, 9.17) is 14.2 Å². The van der Waals surface area contributed by atoms with Crippen LogP contribution in [0.25, 0.3) is 0 Å². The van der Waals surface area contributed by atoms with Crippen molar-refractivity contribution in [3.63, 3.8) is 0 Å². The van der Waals surface area contributed by atoms with Crippen LogP contribution in [0.1, 0.15) is 53.9 Å². The quantitative estimate of drug-likeness (QED) is 0.241. The maximum Gasteiger partial charge on any atom is 0.333 e. The number of benzene rings is 1. The van der Waals surface area contributed by atoms with Crippen LogP contribution < -0.4 is 4.74 Å². The second-order valence-corrected chi connectivity index (χ2v) is 10.8. The summed E-state index contributed by atoms with van der Waals surface area (Å²) in [5, 5.41) is 11.4. The van der Waals surface area contributed by atoms with E-state index in [2.05, 4.69) is 0 Å². The summed E-state index contributed by atoms with van der Waals surface area (Å²) in [6, 6.07) is -3.41. The monoisotopic (exact) mass is 576 g/mol. The highest BCUT2D eigenvalue weighted by atomic mass is 16.5. The van der Waals surface area contributed by atoms with Crippen molar-refractivity contribution in [1.29, 1.82) is 0 Å². The molecule has 42 heavy (non-hydrogen) atoms. The number of carbonyl (C=O) groups excluding carboxylic acids is 5. The lowest BCUT2D eigenvalue weighted by molar-refractivity contribution is -0.147. The Morgan fingerprint density at radius 2 is 1.69 bits per heavy atom. The highest BCUT2D eigenvalue weighted by Gasteiger charge is 2.57. The highest BCUT2D eigenvalue weighted by molar-refractivity contribution is 6.27. The van der Waals surface area contributed by atoms with E-state index in [0.717, 1.165) is 0 Å². The van der Waals surface area contributed by atoms with Crippen molar-refractivity contribution in [2.75, 3.05) is 27.9 Å². The summed E-state index contributed by atoms with van der Waals surface area (Å²) in [5.41, 5.74) is 2.18. The molecular formula is C31H32N2O9. The second kappa shape index (κ2) is 10.1. The zero-order chi connectivity index (χ0) is 30.9. The molecule has 220 valence electrons. The van der Waals surface area contributed by atoms with Crippen molar-refractivity contribution < 1.29 is 43.3 Å². The molecule has 3 atom stereocenters. The molecule has 0 unspecified atom stereocenters. The van der Waals surface area contributed by atoms with Crippen molar-refractivity contribution in [2.45, 2.75) is 52.7 Å². The van der Waals surface area contributed by atoms with Gasteiger partial charge in [0.1, 0.15) is 12.6 Å². The third-order valence-corrected chi connectivity index (χ3v) is 8.77. The molecule has 1 fully saturated rings. The summed E-state index contributed by atoms with van der Waals surface area (Å²) in [4.78, 5) is 71.0. The number of aromatic hydroxyl groups is 1. The molecule has 1 aliphatic carbocycles. The minimum absolute atomic E-state index is 0.0294. The van der Waals surface area contributed by atoms with Crippen LogP contribution in [0.4, 0.5) is 0 Å². The highest BCUT2D eigenvalue weighted by Crippen LogP contribution is 2.53. The van der Waals surface area contributed by atoms with E-state index in [9.17, 15) is 29.1 Å². The van der Waals surface area contributed by atoms with E-state index in [0.29, 0.717) is 16.7 Å². The van der Waals surface area contributed by atoms with E-state index < -0.39 is 54.0 Å². The summed E-state index contributed by atoms with van der Waals surface area (Å²) in [5.74, 6) is -3.19. The average molecular weight is 577 g/mol. The number of ether oxygens (including phenoxy) is 3. The summed E-state index contributed by atoms with van der Waals surface area (Å²) in [7, 11) is 4.26. The lowest BCUT2D eigenvalue weighted by Crippen LogP contribution is -2.65. The Balaban J connectivity index is 1.79. The number of likely N-dealkylation sites (N-methyl/N-ethyl adjacent to an activating group) is 1. The topological polar surface area (TPSA) is 140 Å². The summed E-state index contributed by atoms with van der Waals surface area (Å²) >= 11 is 0. The average Bonchev–Trinajstić information content (AvgIpc) is 2.96. The molecule has 0 saturated carbocycles. The zero-order valence-corrected chi connectivity index (χ0v) is 24.7. The van der Waals surface area contributed by atoms with E-state index in [1.807, 2.05) is 0 Å². The minimum atomic E-state index is -1.29. The molecular weight excluding hydrogens is 544 g/mol. The summed E-state index contributed by atoms with van der Waals surface area (Å²) in [6.07, 6.45) is 3.02. The van der Waals surface area contributed by atoms with Gasteiger partial charge in [0.25, 0.3) is 5.91 Å². The zero-order valence-electron chi connectivity index (χ0n) is 24.7. The van der Waals surface area contributed by atoms with Crippen LogP contribution in [-0.2, 0) is 28.7 Å². The van der Waals surface area contributed by atoms with Crippen LogP contribution in [0, 0.1) is 13.8 Å². The molecule has 5 rings (SSSR count). The first-order chi connectivity index (χ1) is 19.8. The lowest BCUT2D eigenvalue weighted by atomic mass is 9.74. The van der Waals surface area contributed by atoms with Crippen LogP contribution in [0.3, 0.4) is 0 Å². The summed E-state index contributed by atoms with van der Waals surface area (Å²) in [6.45, 7) is 7.68. The predicted octanol–water partition coefficient (Wildman–Crippen LogP) is 2.54. The summed E-state index contributed by atoms with van der Waals surface area (Å²) < 4.78 is 16.3. The number of phenols is 1.